The van der Waals surface area contributed by atoms with Crippen molar-refractivity contribution in [3.05, 3.63) is 102 Å². The second kappa shape index (κ2) is 8.16. The summed E-state index contributed by atoms with van der Waals surface area (Å²) in [5, 5.41) is 2.43. The van der Waals surface area contributed by atoms with Crippen LogP contribution in [0.5, 0.6) is 0 Å². The van der Waals surface area contributed by atoms with Gasteiger partial charge in [-0.05, 0) is 70.5 Å². The molecule has 5 rings (SSSR count). The number of aromatic nitrogens is 3. The van der Waals surface area contributed by atoms with Crippen LogP contribution in [0.1, 0.15) is 68.7 Å². The summed E-state index contributed by atoms with van der Waals surface area (Å²) in [7, 11) is 0. The molecule has 0 aliphatic carbocycles. The van der Waals surface area contributed by atoms with Gasteiger partial charge in [-0.15, -0.1) is 0 Å². The summed E-state index contributed by atoms with van der Waals surface area (Å²) in [5.74, 6) is 0.658. The van der Waals surface area contributed by atoms with E-state index in [0.717, 1.165) is 16.9 Å². The zero-order chi connectivity index (χ0) is 25.0. The molecule has 0 saturated carbocycles. The molecule has 35 heavy (non-hydrogen) atoms. The van der Waals surface area contributed by atoms with Crippen LogP contribution in [-0.4, -0.2) is 20.3 Å². The van der Waals surface area contributed by atoms with Gasteiger partial charge in [0.1, 0.15) is 11.5 Å². The topological polar surface area (TPSA) is 47.8 Å². The number of pyridine rings is 2. The van der Waals surface area contributed by atoms with E-state index in [-0.39, 0.29) is 16.6 Å². The molecule has 3 aromatic heterocycles. The Morgan fingerprint density at radius 3 is 1.77 bits per heavy atom. The maximum absolute atomic E-state index is 12.8. The molecule has 0 fully saturated rings. The van der Waals surface area contributed by atoms with Crippen molar-refractivity contribution in [1.29, 1.82) is 0 Å². The number of ketones is 1. The minimum Gasteiger partial charge on any atom is -0.294 e. The highest BCUT2D eigenvalue weighted by molar-refractivity contribution is 6.10. The van der Waals surface area contributed by atoms with Gasteiger partial charge in [0.05, 0.1) is 11.0 Å². The fraction of sp³-hybridized carbons (Fsp3) is 0.258. The third-order valence-corrected chi connectivity index (χ3v) is 6.63. The Kier molecular flexibility index (Phi) is 5.36. The van der Waals surface area contributed by atoms with Gasteiger partial charge >= 0.3 is 0 Å². The van der Waals surface area contributed by atoms with E-state index in [1.165, 1.54) is 21.9 Å². The maximum Gasteiger partial charge on any atom is 0.212 e. The summed E-state index contributed by atoms with van der Waals surface area (Å²) in [5.41, 5.74) is 5.86. The monoisotopic (exact) mass is 461 g/mol. The molecule has 0 spiro atoms. The summed E-state index contributed by atoms with van der Waals surface area (Å²) < 4.78 is 2.19. The number of benzene rings is 2. The molecule has 2 aromatic carbocycles. The van der Waals surface area contributed by atoms with Crippen LogP contribution in [-0.2, 0) is 10.8 Å². The molecular formula is C31H31N3O. The molecule has 0 bridgehead atoms. The first kappa shape index (κ1) is 23.0. The van der Waals surface area contributed by atoms with Gasteiger partial charge < -0.3 is 0 Å². The van der Waals surface area contributed by atoms with Crippen molar-refractivity contribution in [1.82, 2.24) is 14.5 Å². The smallest absolute Gasteiger partial charge is 0.212 e. The van der Waals surface area contributed by atoms with Crippen molar-refractivity contribution in [2.45, 2.75) is 52.4 Å². The lowest BCUT2D eigenvalue weighted by molar-refractivity contribution is 0.103. The summed E-state index contributed by atoms with van der Waals surface area (Å²) in [6.07, 6.45) is 3.28. The molecule has 0 saturated heterocycles. The van der Waals surface area contributed by atoms with Gasteiger partial charge in [0.25, 0.3) is 0 Å². The SMILES string of the molecule is CC(C)(C)c1ccc2c(c1)c1cc(C(C)(C)C)ccc1n2-c1ccc(C(=O)c2ccccn2)cn1. The summed E-state index contributed by atoms with van der Waals surface area (Å²) in [4.78, 5) is 21.7. The Labute approximate surface area is 206 Å². The number of rotatable bonds is 3. The van der Waals surface area contributed by atoms with Gasteiger partial charge in [0.15, 0.2) is 0 Å². The number of hydrogen-bond donors (Lipinski definition) is 0. The molecule has 0 radical (unpaired) electrons. The molecule has 0 aliphatic heterocycles. The standard InChI is InChI=1S/C31H31N3O/c1-30(2,3)21-11-13-26-23(17-21)24-18-22(31(4,5)6)12-14-27(24)34(26)28-15-10-20(19-33-28)29(35)25-9-7-8-16-32-25/h7-19H,1-6H3. The van der Waals surface area contributed by atoms with Crippen molar-refractivity contribution in [2.75, 3.05) is 0 Å². The van der Waals surface area contributed by atoms with Crippen LogP contribution in [0.4, 0.5) is 0 Å². The van der Waals surface area contributed by atoms with Gasteiger partial charge in [0.2, 0.25) is 5.78 Å². The van der Waals surface area contributed by atoms with Gasteiger partial charge in [-0.1, -0.05) is 59.7 Å². The highest BCUT2D eigenvalue weighted by Crippen LogP contribution is 2.37. The minimum atomic E-state index is -0.128. The lowest BCUT2D eigenvalue weighted by Gasteiger charge is -2.19. The van der Waals surface area contributed by atoms with Crippen LogP contribution in [0, 0.1) is 0 Å². The molecule has 0 N–H and O–H groups in total. The minimum absolute atomic E-state index is 0.0516. The second-order valence-corrected chi connectivity index (χ2v) is 11.2. The van der Waals surface area contributed by atoms with Crippen LogP contribution >= 0.6 is 0 Å². The average Bonchev–Trinajstić information content (AvgIpc) is 3.16. The largest absolute Gasteiger partial charge is 0.294 e. The summed E-state index contributed by atoms with van der Waals surface area (Å²) in [6.45, 7) is 13.5. The average molecular weight is 462 g/mol. The van der Waals surface area contributed by atoms with Crippen molar-refractivity contribution in [3.8, 4) is 5.82 Å². The molecular weight excluding hydrogens is 430 g/mol. The van der Waals surface area contributed by atoms with Gasteiger partial charge in [-0.2, -0.15) is 0 Å². The normalized spacial score (nSPS) is 12.4. The molecule has 4 nitrogen and oxygen atoms in total. The van der Waals surface area contributed by atoms with E-state index in [0.29, 0.717) is 11.3 Å². The molecule has 3 heterocycles. The maximum atomic E-state index is 12.8. The number of fused-ring (bicyclic) bond motifs is 3. The van der Waals surface area contributed by atoms with E-state index in [4.69, 9.17) is 4.98 Å². The Morgan fingerprint density at radius 2 is 1.31 bits per heavy atom. The Hall–Kier alpha value is -3.79. The third-order valence-electron chi connectivity index (χ3n) is 6.63. The van der Waals surface area contributed by atoms with Crippen molar-refractivity contribution >= 4 is 27.6 Å². The highest BCUT2D eigenvalue weighted by atomic mass is 16.1. The fourth-order valence-electron chi connectivity index (χ4n) is 4.50. The second-order valence-electron chi connectivity index (χ2n) is 11.2. The predicted molar refractivity (Wildman–Crippen MR) is 144 cm³/mol. The van der Waals surface area contributed by atoms with E-state index < -0.39 is 0 Å². The number of carbonyl (C=O) groups excluding carboxylic acids is 1. The van der Waals surface area contributed by atoms with Gasteiger partial charge in [-0.3, -0.25) is 14.3 Å². The molecule has 176 valence electrons. The summed E-state index contributed by atoms with van der Waals surface area (Å²) >= 11 is 0. The van der Waals surface area contributed by atoms with Crippen molar-refractivity contribution < 1.29 is 4.79 Å². The lowest BCUT2D eigenvalue weighted by atomic mass is 9.85. The predicted octanol–water partition coefficient (Wildman–Crippen LogP) is 7.40. The van der Waals surface area contributed by atoms with E-state index in [9.17, 15) is 4.79 Å². The van der Waals surface area contributed by atoms with Gasteiger partial charge in [-0.25, -0.2) is 4.98 Å². The highest BCUT2D eigenvalue weighted by Gasteiger charge is 2.21. The first-order valence-corrected chi connectivity index (χ1v) is 12.1. The fourth-order valence-corrected chi connectivity index (χ4v) is 4.50. The van der Waals surface area contributed by atoms with E-state index in [2.05, 4.69) is 87.5 Å². The van der Waals surface area contributed by atoms with E-state index in [1.807, 2.05) is 18.2 Å². The Morgan fingerprint density at radius 1 is 0.714 bits per heavy atom. The molecule has 4 heteroatoms. The number of carbonyl (C=O) groups is 1. The Balaban J connectivity index is 1.70. The van der Waals surface area contributed by atoms with Crippen LogP contribution in [0.25, 0.3) is 27.6 Å². The zero-order valence-corrected chi connectivity index (χ0v) is 21.3. The quantitative estimate of drug-likeness (QED) is 0.263. The molecule has 0 unspecified atom stereocenters. The van der Waals surface area contributed by atoms with Crippen LogP contribution in [0.15, 0.2) is 79.1 Å². The van der Waals surface area contributed by atoms with Gasteiger partial charge in [0, 0.05) is 28.7 Å². The molecule has 0 atom stereocenters. The summed E-state index contributed by atoms with van der Waals surface area (Å²) in [6, 6.07) is 22.6. The van der Waals surface area contributed by atoms with Crippen molar-refractivity contribution in [2.24, 2.45) is 0 Å². The molecule has 0 aliphatic rings. The first-order valence-electron chi connectivity index (χ1n) is 12.1. The third kappa shape index (κ3) is 4.14. The zero-order valence-electron chi connectivity index (χ0n) is 21.3. The number of nitrogens with zero attached hydrogens (tertiary/aromatic N) is 3. The van der Waals surface area contributed by atoms with Crippen LogP contribution in [0.3, 0.4) is 0 Å². The van der Waals surface area contributed by atoms with E-state index in [1.54, 1.807) is 24.5 Å². The first-order chi connectivity index (χ1) is 16.5. The van der Waals surface area contributed by atoms with Crippen LogP contribution in [0.2, 0.25) is 0 Å². The molecule has 5 aromatic rings. The Bertz CT molecular complexity index is 1480. The molecule has 0 amide bonds. The lowest BCUT2D eigenvalue weighted by Crippen LogP contribution is -2.10. The number of hydrogen-bond acceptors (Lipinski definition) is 3. The van der Waals surface area contributed by atoms with E-state index >= 15 is 0 Å². The van der Waals surface area contributed by atoms with Crippen molar-refractivity contribution in [3.63, 3.8) is 0 Å². The van der Waals surface area contributed by atoms with Crippen LogP contribution < -0.4 is 0 Å².